The van der Waals surface area contributed by atoms with Crippen LogP contribution in [0.1, 0.15) is 60.3 Å². The number of aryl methyl sites for hydroxylation is 2. The molecule has 0 atom stereocenters. The van der Waals surface area contributed by atoms with Crippen LogP contribution in [0.25, 0.3) is 17.2 Å². The summed E-state index contributed by atoms with van der Waals surface area (Å²) in [6, 6.07) is 16.6. The number of hydrogen-bond acceptors (Lipinski definition) is 6. The third-order valence-electron chi connectivity index (χ3n) is 7.59. The van der Waals surface area contributed by atoms with Crippen molar-refractivity contribution < 1.29 is 18.8 Å². The van der Waals surface area contributed by atoms with Crippen LogP contribution >= 0.6 is 11.3 Å². The molecule has 1 aromatic heterocycles. The quantitative estimate of drug-likeness (QED) is 0.389. The molecular formula is C29H33BN2O4S. The van der Waals surface area contributed by atoms with Crippen LogP contribution in [0.2, 0.25) is 0 Å². The van der Waals surface area contributed by atoms with Gasteiger partial charge >= 0.3 is 13.2 Å². The lowest BCUT2D eigenvalue weighted by Crippen LogP contribution is -2.41. The van der Waals surface area contributed by atoms with Gasteiger partial charge in [-0.05, 0) is 75.3 Å². The van der Waals surface area contributed by atoms with Crippen molar-refractivity contribution in [2.45, 2.75) is 58.7 Å². The Balaban J connectivity index is 1.30. The fraction of sp³-hybridized carbons (Fsp3) is 0.379. The molecule has 1 amide bonds. The number of nitrogens with zero attached hydrogens (tertiary/aromatic N) is 1. The number of carbonyl (C=O) groups is 1. The molecule has 0 spiro atoms. The summed E-state index contributed by atoms with van der Waals surface area (Å²) in [6.45, 7) is 12.6. The highest BCUT2D eigenvalue weighted by molar-refractivity contribution is 7.12. The van der Waals surface area contributed by atoms with E-state index in [1.807, 2.05) is 71.9 Å². The van der Waals surface area contributed by atoms with Crippen molar-refractivity contribution in [3.63, 3.8) is 0 Å². The highest BCUT2D eigenvalue weighted by Crippen LogP contribution is 2.44. The first-order valence-corrected chi connectivity index (χ1v) is 13.5. The van der Waals surface area contributed by atoms with Gasteiger partial charge in [0.1, 0.15) is 6.61 Å². The van der Waals surface area contributed by atoms with Crippen LogP contribution in [0.4, 0.5) is 4.79 Å². The first-order valence-electron chi connectivity index (χ1n) is 12.6. The Morgan fingerprint density at radius 3 is 2.14 bits per heavy atom. The summed E-state index contributed by atoms with van der Waals surface area (Å²) in [4.78, 5) is 18.4. The molecule has 0 unspecified atom stereocenters. The molecule has 0 saturated carbocycles. The number of hydrogen-bond donors (Lipinski definition) is 1. The first kappa shape index (κ1) is 25.7. The van der Waals surface area contributed by atoms with Gasteiger partial charge in [0.2, 0.25) is 0 Å². The maximum atomic E-state index is 12.9. The van der Waals surface area contributed by atoms with E-state index in [0.29, 0.717) is 0 Å². The Labute approximate surface area is 223 Å². The number of carbonyl (C=O) groups excluding carboxylic acids is 1. The van der Waals surface area contributed by atoms with Gasteiger partial charge in [-0.1, -0.05) is 48.5 Å². The number of benzene rings is 2. The van der Waals surface area contributed by atoms with E-state index in [1.54, 1.807) is 11.3 Å². The summed E-state index contributed by atoms with van der Waals surface area (Å²) < 4.78 is 18.3. The van der Waals surface area contributed by atoms with Crippen LogP contribution in [0.5, 0.6) is 0 Å². The number of fused-ring (bicyclic) bond motifs is 3. The van der Waals surface area contributed by atoms with Gasteiger partial charge in [-0.15, -0.1) is 11.3 Å². The van der Waals surface area contributed by atoms with Gasteiger partial charge < -0.3 is 19.4 Å². The summed E-state index contributed by atoms with van der Waals surface area (Å²) in [7, 11) is -0.583. The van der Waals surface area contributed by atoms with Crippen LogP contribution in [0.3, 0.4) is 0 Å². The smallest absolute Gasteiger partial charge is 0.449 e. The molecule has 1 aliphatic carbocycles. The fourth-order valence-electron chi connectivity index (χ4n) is 4.87. The molecule has 1 fully saturated rings. The summed E-state index contributed by atoms with van der Waals surface area (Å²) in [5, 5.41) is 3.92. The Hall–Kier alpha value is -2.94. The van der Waals surface area contributed by atoms with E-state index in [1.165, 1.54) is 22.3 Å². The van der Waals surface area contributed by atoms with Gasteiger partial charge in [0.05, 0.1) is 21.9 Å². The van der Waals surface area contributed by atoms with Gasteiger partial charge in [-0.25, -0.2) is 9.78 Å². The minimum Gasteiger partial charge on any atom is -0.449 e. The SMILES string of the molecule is Cc1nc(C)c(C=C(CNC(=O)OCC2c3ccccc3-c3ccccc32)B2OC(C)(C)C(C)(C)O2)s1. The number of aromatic nitrogens is 1. The molecule has 0 radical (unpaired) electrons. The zero-order chi connectivity index (χ0) is 26.4. The fourth-order valence-corrected chi connectivity index (χ4v) is 5.77. The van der Waals surface area contributed by atoms with Crippen molar-refractivity contribution in [2.24, 2.45) is 0 Å². The van der Waals surface area contributed by atoms with Crippen LogP contribution in [-0.4, -0.2) is 42.5 Å². The molecule has 1 aliphatic heterocycles. The van der Waals surface area contributed by atoms with Crippen molar-refractivity contribution >= 4 is 30.6 Å². The highest BCUT2D eigenvalue weighted by Gasteiger charge is 2.52. The van der Waals surface area contributed by atoms with E-state index in [2.05, 4.69) is 34.6 Å². The third kappa shape index (κ3) is 4.98. The number of nitrogens with one attached hydrogen (secondary N) is 1. The van der Waals surface area contributed by atoms with Crippen LogP contribution in [0, 0.1) is 13.8 Å². The van der Waals surface area contributed by atoms with Gasteiger partial charge in [0, 0.05) is 17.3 Å². The van der Waals surface area contributed by atoms with Crippen molar-refractivity contribution in [1.82, 2.24) is 10.3 Å². The Kier molecular flexibility index (Phi) is 6.77. The lowest BCUT2D eigenvalue weighted by molar-refractivity contribution is 0.00578. The van der Waals surface area contributed by atoms with Gasteiger partial charge in [0.25, 0.3) is 0 Å². The van der Waals surface area contributed by atoms with E-state index in [9.17, 15) is 4.79 Å². The summed E-state index contributed by atoms with van der Waals surface area (Å²) in [5.74, 6) is 0.0130. The molecular weight excluding hydrogens is 483 g/mol. The van der Waals surface area contributed by atoms with E-state index in [-0.39, 0.29) is 19.1 Å². The minimum absolute atomic E-state index is 0.0130. The topological polar surface area (TPSA) is 69.7 Å². The second-order valence-electron chi connectivity index (χ2n) is 10.7. The maximum absolute atomic E-state index is 12.9. The summed E-state index contributed by atoms with van der Waals surface area (Å²) in [6.07, 6.45) is 1.55. The predicted molar refractivity (Wildman–Crippen MR) is 149 cm³/mol. The minimum atomic E-state index is -0.583. The molecule has 2 aromatic carbocycles. The lowest BCUT2D eigenvalue weighted by atomic mass is 9.77. The van der Waals surface area contributed by atoms with Crippen LogP contribution in [0.15, 0.2) is 54.0 Å². The molecule has 2 aliphatic rings. The molecule has 2 heterocycles. The number of rotatable bonds is 6. The molecule has 1 N–H and O–H groups in total. The van der Waals surface area contributed by atoms with Gasteiger partial charge in [-0.3, -0.25) is 0 Å². The monoisotopic (exact) mass is 516 g/mol. The van der Waals surface area contributed by atoms with Crippen LogP contribution < -0.4 is 5.32 Å². The van der Waals surface area contributed by atoms with E-state index in [0.717, 1.165) is 21.1 Å². The number of alkyl carbamates (subject to hydrolysis) is 1. The Morgan fingerprint density at radius 2 is 1.59 bits per heavy atom. The zero-order valence-electron chi connectivity index (χ0n) is 22.3. The average Bonchev–Trinajstić information content (AvgIpc) is 3.42. The van der Waals surface area contributed by atoms with Crippen molar-refractivity contribution in [1.29, 1.82) is 0 Å². The van der Waals surface area contributed by atoms with Crippen molar-refractivity contribution in [3.05, 3.63) is 80.7 Å². The van der Waals surface area contributed by atoms with E-state index in [4.69, 9.17) is 14.0 Å². The van der Waals surface area contributed by atoms with Gasteiger partial charge in [-0.2, -0.15) is 0 Å². The van der Waals surface area contributed by atoms with E-state index < -0.39 is 24.4 Å². The molecule has 5 rings (SSSR count). The number of ether oxygens (including phenoxy) is 1. The van der Waals surface area contributed by atoms with E-state index >= 15 is 0 Å². The summed E-state index contributed by atoms with van der Waals surface area (Å²) in [5.41, 5.74) is 5.56. The molecule has 3 aromatic rings. The number of thiazole rings is 1. The molecule has 6 nitrogen and oxygen atoms in total. The van der Waals surface area contributed by atoms with Crippen LogP contribution in [-0.2, 0) is 14.0 Å². The highest BCUT2D eigenvalue weighted by atomic mass is 32.1. The molecule has 8 heteroatoms. The lowest BCUT2D eigenvalue weighted by Gasteiger charge is -2.32. The number of amides is 1. The summed E-state index contributed by atoms with van der Waals surface area (Å²) >= 11 is 1.61. The normalized spacial score (nSPS) is 18.0. The second-order valence-corrected chi connectivity index (χ2v) is 11.9. The maximum Gasteiger partial charge on any atom is 0.492 e. The molecule has 37 heavy (non-hydrogen) atoms. The first-order chi connectivity index (χ1) is 17.6. The molecule has 192 valence electrons. The second kappa shape index (κ2) is 9.74. The standard InChI is InChI=1S/C29H33BN2O4S/c1-18-26(37-19(2)32-18)15-20(30-35-28(3,4)29(5,6)36-30)16-31-27(33)34-17-25-23-13-9-7-11-21(23)22-12-8-10-14-24(22)25/h7-15,25H,16-17H2,1-6H3,(H,31,33). The van der Waals surface area contributed by atoms with Crippen molar-refractivity contribution in [2.75, 3.05) is 13.2 Å². The largest absolute Gasteiger partial charge is 0.492 e. The Morgan fingerprint density at radius 1 is 1.03 bits per heavy atom. The molecule has 0 bridgehead atoms. The zero-order valence-corrected chi connectivity index (χ0v) is 23.1. The van der Waals surface area contributed by atoms with Gasteiger partial charge in [0.15, 0.2) is 0 Å². The molecule has 1 saturated heterocycles. The van der Waals surface area contributed by atoms with Crippen molar-refractivity contribution in [3.8, 4) is 11.1 Å². The Bertz CT molecular complexity index is 1300. The average molecular weight is 516 g/mol. The third-order valence-corrected chi connectivity index (χ3v) is 8.61. The predicted octanol–water partition coefficient (Wildman–Crippen LogP) is 6.31.